The van der Waals surface area contributed by atoms with E-state index in [9.17, 15) is 24.6 Å². The molecule has 6 heteroatoms. The molecule has 1 aromatic carbocycles. The third-order valence-electron chi connectivity index (χ3n) is 3.09. The van der Waals surface area contributed by atoms with Crippen molar-refractivity contribution >= 4 is 18.5 Å². The van der Waals surface area contributed by atoms with E-state index in [2.05, 4.69) is 0 Å². The Morgan fingerprint density at radius 1 is 1.24 bits per heavy atom. The van der Waals surface area contributed by atoms with Crippen LogP contribution in [0.3, 0.4) is 0 Å². The van der Waals surface area contributed by atoms with Crippen LogP contribution in [0.25, 0.3) is 0 Å². The summed E-state index contributed by atoms with van der Waals surface area (Å²) in [6.07, 6.45) is 2.80. The predicted octanol–water partition coefficient (Wildman–Crippen LogP) is 2.08. The summed E-state index contributed by atoms with van der Waals surface area (Å²) in [7, 11) is 0. The van der Waals surface area contributed by atoms with E-state index in [-0.39, 0.29) is 35.3 Å². The zero-order valence-corrected chi connectivity index (χ0v) is 11.5. The van der Waals surface area contributed by atoms with Crippen LogP contribution in [0.4, 0.5) is 0 Å². The van der Waals surface area contributed by atoms with Crippen LogP contribution >= 0.6 is 0 Å². The van der Waals surface area contributed by atoms with Crippen molar-refractivity contribution in [2.45, 2.75) is 26.2 Å². The summed E-state index contributed by atoms with van der Waals surface area (Å²) in [6.45, 7) is 1.73. The molecule has 0 aliphatic rings. The number of aliphatic carboxylic acids is 1. The number of carboxylic acid groups (broad SMARTS) is 1. The Balaban J connectivity index is 2.99. The molecule has 1 rings (SSSR count). The Hall–Kier alpha value is -2.63. The van der Waals surface area contributed by atoms with Gasteiger partial charge in [0.05, 0.1) is 12.0 Å². The van der Waals surface area contributed by atoms with E-state index in [0.29, 0.717) is 19.0 Å². The first-order valence-electron chi connectivity index (χ1n) is 6.26. The van der Waals surface area contributed by atoms with Gasteiger partial charge in [-0.3, -0.25) is 14.4 Å². The number of aromatic hydroxyl groups is 2. The second-order valence-electron chi connectivity index (χ2n) is 4.61. The molecule has 0 aliphatic heterocycles. The normalized spacial score (nSPS) is 11.2. The van der Waals surface area contributed by atoms with Gasteiger partial charge in [-0.2, -0.15) is 0 Å². The number of hydrogen-bond acceptors (Lipinski definition) is 5. The van der Waals surface area contributed by atoms with Crippen LogP contribution in [-0.4, -0.2) is 33.9 Å². The first-order chi connectivity index (χ1) is 9.90. The number of hydrogen-bond donors (Lipinski definition) is 3. The zero-order chi connectivity index (χ0) is 16.0. The largest absolute Gasteiger partial charge is 0.508 e. The Morgan fingerprint density at radius 2 is 1.90 bits per heavy atom. The topological polar surface area (TPSA) is 112 Å². The molecule has 0 spiro atoms. The molecule has 21 heavy (non-hydrogen) atoms. The molecule has 0 bridgehead atoms. The molecular weight excluding hydrogens is 276 g/mol. The van der Waals surface area contributed by atoms with Gasteiger partial charge in [-0.1, -0.05) is 11.6 Å². The molecule has 0 aliphatic carbocycles. The average molecular weight is 292 g/mol. The molecule has 0 atom stereocenters. The van der Waals surface area contributed by atoms with Crippen molar-refractivity contribution in [3.8, 4) is 11.5 Å². The molecule has 0 saturated heterocycles. The summed E-state index contributed by atoms with van der Waals surface area (Å²) in [4.78, 5) is 32.1. The van der Waals surface area contributed by atoms with Crippen molar-refractivity contribution in [2.75, 3.05) is 0 Å². The summed E-state index contributed by atoms with van der Waals surface area (Å²) in [5.74, 6) is -1.64. The number of carbonyl (C=O) groups excluding carboxylic acids is 2. The fourth-order valence-corrected chi connectivity index (χ4v) is 1.89. The lowest BCUT2D eigenvalue weighted by molar-refractivity contribution is -0.136. The van der Waals surface area contributed by atoms with Crippen LogP contribution < -0.4 is 0 Å². The molecule has 0 fully saturated rings. The highest BCUT2D eigenvalue weighted by molar-refractivity contribution is 5.94. The molecule has 0 unspecified atom stereocenters. The van der Waals surface area contributed by atoms with Gasteiger partial charge in [0.2, 0.25) is 0 Å². The molecule has 6 nitrogen and oxygen atoms in total. The lowest BCUT2D eigenvalue weighted by Gasteiger charge is -2.11. The van der Waals surface area contributed by atoms with Gasteiger partial charge in [0, 0.05) is 11.1 Å². The van der Waals surface area contributed by atoms with Gasteiger partial charge in [-0.05, 0) is 25.8 Å². The third-order valence-corrected chi connectivity index (χ3v) is 3.09. The van der Waals surface area contributed by atoms with Crippen molar-refractivity contribution in [3.63, 3.8) is 0 Å². The quantitative estimate of drug-likeness (QED) is 0.524. The summed E-state index contributed by atoms with van der Waals surface area (Å²) in [6, 6.07) is 1.13. The second kappa shape index (κ2) is 7.23. The van der Waals surface area contributed by atoms with Crippen molar-refractivity contribution in [3.05, 3.63) is 34.4 Å². The highest BCUT2D eigenvalue weighted by Gasteiger charge is 2.16. The first-order valence-corrected chi connectivity index (χ1v) is 6.26. The number of carbonyl (C=O) groups is 3. The Kier molecular flexibility index (Phi) is 5.66. The van der Waals surface area contributed by atoms with Gasteiger partial charge in [0.25, 0.3) is 0 Å². The SMILES string of the molecule is C/C(=C/CC(=O)O)CCc1c(O)cc(C=O)c(C=O)c1O. The van der Waals surface area contributed by atoms with Crippen LogP contribution in [0.2, 0.25) is 0 Å². The van der Waals surface area contributed by atoms with Crippen LogP contribution in [0.5, 0.6) is 11.5 Å². The summed E-state index contributed by atoms with van der Waals surface area (Å²) in [5.41, 5.74) is 0.695. The van der Waals surface area contributed by atoms with E-state index in [1.807, 2.05) is 0 Å². The van der Waals surface area contributed by atoms with E-state index < -0.39 is 11.7 Å². The fraction of sp³-hybridized carbons (Fsp3) is 0.267. The summed E-state index contributed by atoms with van der Waals surface area (Å²) in [5, 5.41) is 28.3. The molecule has 0 aromatic heterocycles. The number of phenolic OH excluding ortho intramolecular Hbond substituents is 2. The van der Waals surface area contributed by atoms with Crippen molar-refractivity contribution in [1.29, 1.82) is 0 Å². The minimum Gasteiger partial charge on any atom is -0.508 e. The minimum absolute atomic E-state index is 0.0816. The van der Waals surface area contributed by atoms with Gasteiger partial charge in [0.1, 0.15) is 11.5 Å². The van der Waals surface area contributed by atoms with Crippen LogP contribution in [0.15, 0.2) is 17.7 Å². The lowest BCUT2D eigenvalue weighted by atomic mass is 9.97. The molecule has 3 N–H and O–H groups in total. The highest BCUT2D eigenvalue weighted by atomic mass is 16.4. The fourth-order valence-electron chi connectivity index (χ4n) is 1.89. The lowest BCUT2D eigenvalue weighted by Crippen LogP contribution is -1.98. The van der Waals surface area contributed by atoms with Gasteiger partial charge in [0.15, 0.2) is 12.6 Å². The number of carboxylic acids is 1. The molecule has 0 saturated carbocycles. The van der Waals surface area contributed by atoms with Crippen LogP contribution in [0.1, 0.15) is 46.0 Å². The standard InChI is InChI=1S/C15H16O6/c1-9(3-5-14(19)20)2-4-11-13(18)6-10(7-16)12(8-17)15(11)21/h3,6-8,18,21H,2,4-5H2,1H3,(H,19,20)/b9-3-. The molecule has 112 valence electrons. The Bertz CT molecular complexity index is 601. The van der Waals surface area contributed by atoms with E-state index in [0.717, 1.165) is 11.6 Å². The third kappa shape index (κ3) is 4.17. The molecule has 0 amide bonds. The predicted molar refractivity (Wildman–Crippen MR) is 74.9 cm³/mol. The molecule has 0 heterocycles. The molecular formula is C15H16O6. The monoisotopic (exact) mass is 292 g/mol. The van der Waals surface area contributed by atoms with Gasteiger partial charge >= 0.3 is 5.97 Å². The number of phenols is 2. The van der Waals surface area contributed by atoms with Crippen LogP contribution in [-0.2, 0) is 11.2 Å². The van der Waals surface area contributed by atoms with E-state index in [1.54, 1.807) is 6.92 Å². The second-order valence-corrected chi connectivity index (χ2v) is 4.61. The van der Waals surface area contributed by atoms with Crippen molar-refractivity contribution in [2.24, 2.45) is 0 Å². The smallest absolute Gasteiger partial charge is 0.307 e. The van der Waals surface area contributed by atoms with Crippen molar-refractivity contribution in [1.82, 2.24) is 0 Å². The maximum atomic E-state index is 10.9. The Labute approximate surface area is 121 Å². The summed E-state index contributed by atoms with van der Waals surface area (Å²) < 4.78 is 0. The maximum absolute atomic E-state index is 10.9. The van der Waals surface area contributed by atoms with Gasteiger partial charge < -0.3 is 15.3 Å². The maximum Gasteiger partial charge on any atom is 0.307 e. The number of rotatable bonds is 7. The first kappa shape index (κ1) is 16.4. The van der Waals surface area contributed by atoms with E-state index in [4.69, 9.17) is 5.11 Å². The minimum atomic E-state index is -0.946. The Morgan fingerprint density at radius 3 is 2.43 bits per heavy atom. The number of aldehydes is 2. The van der Waals surface area contributed by atoms with Crippen molar-refractivity contribution < 1.29 is 29.7 Å². The van der Waals surface area contributed by atoms with Gasteiger partial charge in [-0.15, -0.1) is 0 Å². The average Bonchev–Trinajstić information content (AvgIpc) is 2.44. The van der Waals surface area contributed by atoms with Crippen LogP contribution in [0, 0.1) is 0 Å². The number of benzene rings is 1. The van der Waals surface area contributed by atoms with Gasteiger partial charge in [-0.25, -0.2) is 0 Å². The molecule has 1 aromatic rings. The highest BCUT2D eigenvalue weighted by Crippen LogP contribution is 2.33. The molecule has 0 radical (unpaired) electrons. The van der Waals surface area contributed by atoms with E-state index in [1.165, 1.54) is 6.08 Å². The zero-order valence-electron chi connectivity index (χ0n) is 11.5. The summed E-state index contributed by atoms with van der Waals surface area (Å²) >= 11 is 0. The number of allylic oxidation sites excluding steroid dienone is 1. The van der Waals surface area contributed by atoms with E-state index >= 15 is 0 Å².